The van der Waals surface area contributed by atoms with Gasteiger partial charge in [0.25, 0.3) is 0 Å². The van der Waals surface area contributed by atoms with Crippen LogP contribution in [-0.4, -0.2) is 0 Å². The van der Waals surface area contributed by atoms with E-state index in [1.807, 2.05) is 25.1 Å². The number of nitriles is 1. The second-order valence-electron chi connectivity index (χ2n) is 3.74. The summed E-state index contributed by atoms with van der Waals surface area (Å²) in [4.78, 5) is 0. The van der Waals surface area contributed by atoms with Crippen LogP contribution in [0.15, 0.2) is 36.4 Å². The monoisotopic (exact) mass is 261 g/mol. The molecule has 0 aromatic heterocycles. The van der Waals surface area contributed by atoms with Gasteiger partial charge in [0.15, 0.2) is 0 Å². The summed E-state index contributed by atoms with van der Waals surface area (Å²) in [7, 11) is 0. The molecule has 0 spiro atoms. The van der Waals surface area contributed by atoms with Crippen LogP contribution in [0.1, 0.15) is 11.1 Å². The van der Waals surface area contributed by atoms with Gasteiger partial charge in [-0.25, -0.2) is 0 Å². The van der Waals surface area contributed by atoms with Crippen molar-refractivity contribution in [2.75, 3.05) is 0 Å². The van der Waals surface area contributed by atoms with Crippen molar-refractivity contribution in [3.05, 3.63) is 57.6 Å². The molecule has 0 unspecified atom stereocenters. The predicted octanol–water partition coefficient (Wildman–Crippen LogP) is 4.84. The Kier molecular flexibility index (Phi) is 3.38. The summed E-state index contributed by atoms with van der Waals surface area (Å²) >= 11 is 12.4. The SMILES string of the molecule is Cc1cccc(Cl)c1-c1cc(C#N)ccc1Cl. The third kappa shape index (κ3) is 2.29. The van der Waals surface area contributed by atoms with Gasteiger partial charge in [0.1, 0.15) is 0 Å². The van der Waals surface area contributed by atoms with Crippen LogP contribution < -0.4 is 0 Å². The van der Waals surface area contributed by atoms with Crippen molar-refractivity contribution in [3.63, 3.8) is 0 Å². The molecule has 2 rings (SSSR count). The minimum atomic E-state index is 0.573. The van der Waals surface area contributed by atoms with E-state index in [1.54, 1.807) is 18.2 Å². The zero-order chi connectivity index (χ0) is 12.4. The van der Waals surface area contributed by atoms with Gasteiger partial charge in [-0.15, -0.1) is 0 Å². The topological polar surface area (TPSA) is 23.8 Å². The van der Waals surface area contributed by atoms with Crippen LogP contribution in [0.25, 0.3) is 11.1 Å². The van der Waals surface area contributed by atoms with Crippen molar-refractivity contribution in [2.45, 2.75) is 6.92 Å². The van der Waals surface area contributed by atoms with Crippen LogP contribution >= 0.6 is 23.2 Å². The normalized spacial score (nSPS) is 10.0. The number of hydrogen-bond donors (Lipinski definition) is 0. The van der Waals surface area contributed by atoms with Crippen LogP contribution in [-0.2, 0) is 0 Å². The second kappa shape index (κ2) is 4.79. The molecule has 0 N–H and O–H groups in total. The van der Waals surface area contributed by atoms with E-state index in [9.17, 15) is 0 Å². The van der Waals surface area contributed by atoms with E-state index >= 15 is 0 Å². The lowest BCUT2D eigenvalue weighted by molar-refractivity contribution is 1.44. The van der Waals surface area contributed by atoms with Crippen LogP contribution in [0.3, 0.4) is 0 Å². The third-order valence-electron chi connectivity index (χ3n) is 2.59. The Hall–Kier alpha value is -1.49. The van der Waals surface area contributed by atoms with Crippen LogP contribution in [0.2, 0.25) is 10.0 Å². The molecule has 1 nitrogen and oxygen atoms in total. The summed E-state index contributed by atoms with van der Waals surface area (Å²) in [6.45, 7) is 1.97. The van der Waals surface area contributed by atoms with E-state index in [4.69, 9.17) is 28.5 Å². The van der Waals surface area contributed by atoms with E-state index in [-0.39, 0.29) is 0 Å². The van der Waals surface area contributed by atoms with Gasteiger partial charge in [0.2, 0.25) is 0 Å². The summed E-state index contributed by atoms with van der Waals surface area (Å²) in [6.07, 6.45) is 0. The Balaban J connectivity index is 2.73. The van der Waals surface area contributed by atoms with Crippen molar-refractivity contribution in [1.82, 2.24) is 0 Å². The molecule has 0 aliphatic rings. The maximum atomic E-state index is 8.91. The molecule has 0 amide bonds. The third-order valence-corrected chi connectivity index (χ3v) is 3.23. The van der Waals surface area contributed by atoms with Crippen molar-refractivity contribution < 1.29 is 0 Å². The molecule has 2 aromatic carbocycles. The lowest BCUT2D eigenvalue weighted by Gasteiger charge is -2.10. The predicted molar refractivity (Wildman–Crippen MR) is 71.4 cm³/mol. The molecular weight excluding hydrogens is 253 g/mol. The summed E-state index contributed by atoms with van der Waals surface area (Å²) in [6, 6.07) is 13.0. The molecule has 0 atom stereocenters. The summed E-state index contributed by atoms with van der Waals surface area (Å²) < 4.78 is 0. The number of aryl methyl sites for hydroxylation is 1. The highest BCUT2D eigenvalue weighted by Crippen LogP contribution is 2.36. The van der Waals surface area contributed by atoms with E-state index in [2.05, 4.69) is 6.07 Å². The molecule has 84 valence electrons. The zero-order valence-corrected chi connectivity index (χ0v) is 10.7. The number of halogens is 2. The molecule has 0 bridgehead atoms. The molecule has 0 aliphatic heterocycles. The molecule has 0 aliphatic carbocycles. The molecule has 0 saturated heterocycles. The van der Waals surface area contributed by atoms with Crippen LogP contribution in [0.5, 0.6) is 0 Å². The highest BCUT2D eigenvalue weighted by atomic mass is 35.5. The van der Waals surface area contributed by atoms with Gasteiger partial charge in [0.05, 0.1) is 11.6 Å². The van der Waals surface area contributed by atoms with Gasteiger partial charge in [-0.1, -0.05) is 35.3 Å². The first kappa shape index (κ1) is 12.0. The van der Waals surface area contributed by atoms with Crippen molar-refractivity contribution in [3.8, 4) is 17.2 Å². The Morgan fingerprint density at radius 2 is 1.82 bits per heavy atom. The van der Waals surface area contributed by atoms with Gasteiger partial charge in [0, 0.05) is 21.2 Å². The number of nitrogens with zero attached hydrogens (tertiary/aromatic N) is 1. The number of benzene rings is 2. The second-order valence-corrected chi connectivity index (χ2v) is 4.55. The lowest BCUT2D eigenvalue weighted by atomic mass is 9.99. The average molecular weight is 262 g/mol. The Bertz CT molecular complexity index is 592. The minimum absolute atomic E-state index is 0.573. The van der Waals surface area contributed by atoms with Gasteiger partial charge >= 0.3 is 0 Å². The van der Waals surface area contributed by atoms with E-state index in [0.717, 1.165) is 16.7 Å². The van der Waals surface area contributed by atoms with Gasteiger partial charge in [-0.05, 0) is 36.8 Å². The smallest absolute Gasteiger partial charge is 0.0991 e. The maximum Gasteiger partial charge on any atom is 0.0991 e. The minimum Gasteiger partial charge on any atom is -0.192 e. The van der Waals surface area contributed by atoms with E-state index in [1.165, 1.54) is 0 Å². The molecule has 2 aromatic rings. The van der Waals surface area contributed by atoms with E-state index < -0.39 is 0 Å². The van der Waals surface area contributed by atoms with Crippen molar-refractivity contribution in [2.24, 2.45) is 0 Å². The first-order chi connectivity index (χ1) is 8.13. The Labute approximate surface area is 110 Å². The van der Waals surface area contributed by atoms with Crippen LogP contribution in [0.4, 0.5) is 0 Å². The van der Waals surface area contributed by atoms with Gasteiger partial charge in [-0.3, -0.25) is 0 Å². The quantitative estimate of drug-likeness (QED) is 0.721. The molecular formula is C14H9Cl2N. The highest BCUT2D eigenvalue weighted by molar-refractivity contribution is 6.36. The largest absolute Gasteiger partial charge is 0.192 e. The summed E-state index contributed by atoms with van der Waals surface area (Å²) in [5, 5.41) is 10.2. The van der Waals surface area contributed by atoms with Crippen molar-refractivity contribution in [1.29, 1.82) is 5.26 Å². The number of hydrogen-bond acceptors (Lipinski definition) is 1. The Morgan fingerprint density at radius 3 is 2.47 bits per heavy atom. The first-order valence-electron chi connectivity index (χ1n) is 5.08. The molecule has 0 heterocycles. The molecule has 3 heteroatoms. The first-order valence-corrected chi connectivity index (χ1v) is 5.84. The van der Waals surface area contributed by atoms with Gasteiger partial charge in [-0.2, -0.15) is 5.26 Å². The standard InChI is InChI=1S/C14H9Cl2N/c1-9-3-2-4-13(16)14(9)11-7-10(8-17)5-6-12(11)15/h2-7H,1H3. The lowest BCUT2D eigenvalue weighted by Crippen LogP contribution is -1.87. The van der Waals surface area contributed by atoms with E-state index in [0.29, 0.717) is 15.6 Å². The fourth-order valence-electron chi connectivity index (χ4n) is 1.76. The number of rotatable bonds is 1. The fourth-order valence-corrected chi connectivity index (χ4v) is 2.30. The summed E-state index contributed by atoms with van der Waals surface area (Å²) in [5.41, 5.74) is 3.29. The fraction of sp³-hybridized carbons (Fsp3) is 0.0714. The molecule has 0 fully saturated rings. The highest BCUT2D eigenvalue weighted by Gasteiger charge is 2.11. The molecule has 17 heavy (non-hydrogen) atoms. The zero-order valence-electron chi connectivity index (χ0n) is 9.17. The summed E-state index contributed by atoms with van der Waals surface area (Å²) in [5.74, 6) is 0. The molecule has 0 saturated carbocycles. The maximum absolute atomic E-state index is 8.91. The average Bonchev–Trinajstić information content (AvgIpc) is 2.31. The van der Waals surface area contributed by atoms with Crippen LogP contribution in [0, 0.1) is 18.3 Å². The van der Waals surface area contributed by atoms with Crippen molar-refractivity contribution >= 4 is 23.2 Å². The molecule has 0 radical (unpaired) electrons. The van der Waals surface area contributed by atoms with Gasteiger partial charge < -0.3 is 0 Å². The Morgan fingerprint density at radius 1 is 1.06 bits per heavy atom.